The van der Waals surface area contributed by atoms with Gasteiger partial charge >= 0.3 is 0 Å². The summed E-state index contributed by atoms with van der Waals surface area (Å²) in [6, 6.07) is 0. The van der Waals surface area contributed by atoms with Crippen LogP contribution in [0, 0.1) is 11.8 Å². The Bertz CT molecular complexity index is 201. The molecule has 1 heterocycles. The van der Waals surface area contributed by atoms with Crippen LogP contribution in [0.15, 0.2) is 0 Å². The fraction of sp³-hybridized carbons (Fsp3) is 0.917. The van der Waals surface area contributed by atoms with Gasteiger partial charge in [0.25, 0.3) is 0 Å². The van der Waals surface area contributed by atoms with Gasteiger partial charge in [0.2, 0.25) is 5.91 Å². The molecule has 4 heteroatoms. The highest BCUT2D eigenvalue weighted by molar-refractivity contribution is 5.85. The first-order valence-corrected chi connectivity index (χ1v) is 6.04. The number of nitrogens with one attached hydrogen (secondary N) is 1. The van der Waals surface area contributed by atoms with Crippen molar-refractivity contribution >= 4 is 18.3 Å². The van der Waals surface area contributed by atoms with Crippen molar-refractivity contribution < 1.29 is 4.79 Å². The van der Waals surface area contributed by atoms with E-state index in [1.807, 2.05) is 0 Å². The average Bonchev–Trinajstić information content (AvgIpc) is 2.16. The highest BCUT2D eigenvalue weighted by Gasteiger charge is 2.19. The Hall–Kier alpha value is -0.280. The summed E-state index contributed by atoms with van der Waals surface area (Å²) in [6.07, 6.45) is 2.46. The molecule has 0 aromatic carbocycles. The van der Waals surface area contributed by atoms with Gasteiger partial charge in [-0.15, -0.1) is 12.4 Å². The fourth-order valence-corrected chi connectivity index (χ4v) is 2.18. The summed E-state index contributed by atoms with van der Waals surface area (Å²) in [7, 11) is 0. The second kappa shape index (κ2) is 7.91. The average molecular weight is 249 g/mol. The minimum Gasteiger partial charge on any atom is -0.356 e. The van der Waals surface area contributed by atoms with Gasteiger partial charge in [-0.05, 0) is 37.8 Å². The summed E-state index contributed by atoms with van der Waals surface area (Å²) in [5.41, 5.74) is 0. The quantitative estimate of drug-likeness (QED) is 0.825. The Kier molecular flexibility index (Phi) is 7.77. The Balaban J connectivity index is 0.00000225. The van der Waals surface area contributed by atoms with Crippen LogP contribution in [0.3, 0.4) is 0 Å². The Morgan fingerprint density at radius 2 is 1.94 bits per heavy atom. The van der Waals surface area contributed by atoms with Crippen molar-refractivity contribution in [2.24, 2.45) is 11.8 Å². The van der Waals surface area contributed by atoms with Crippen LogP contribution in [-0.2, 0) is 4.79 Å². The number of nitrogens with zero attached hydrogens (tertiary/aromatic N) is 1. The molecule has 0 saturated carbocycles. The van der Waals surface area contributed by atoms with Crippen molar-refractivity contribution in [1.82, 2.24) is 10.2 Å². The molecule has 1 saturated heterocycles. The van der Waals surface area contributed by atoms with E-state index >= 15 is 0 Å². The number of likely N-dealkylation sites (tertiary alicyclic amines) is 1. The standard InChI is InChI=1S/C12H24N2O.ClH/c1-10(2)9-14-6-4-12(5-7-14)8-13-11(3)15;/h10,12H,4-9H2,1-3H3,(H,13,15);1H. The third kappa shape index (κ3) is 6.33. The minimum absolute atomic E-state index is 0. The lowest BCUT2D eigenvalue weighted by atomic mass is 9.96. The largest absolute Gasteiger partial charge is 0.356 e. The van der Waals surface area contributed by atoms with Crippen LogP contribution in [0.4, 0.5) is 0 Å². The summed E-state index contributed by atoms with van der Waals surface area (Å²) in [6.45, 7) is 10.6. The van der Waals surface area contributed by atoms with Crippen LogP contribution in [0.5, 0.6) is 0 Å². The summed E-state index contributed by atoms with van der Waals surface area (Å²) in [4.78, 5) is 13.3. The number of hydrogen-bond acceptors (Lipinski definition) is 2. The van der Waals surface area contributed by atoms with E-state index in [1.165, 1.54) is 32.5 Å². The predicted octanol–water partition coefficient (Wildman–Crippen LogP) is 1.91. The Morgan fingerprint density at radius 1 is 1.38 bits per heavy atom. The topological polar surface area (TPSA) is 32.3 Å². The molecule has 0 bridgehead atoms. The van der Waals surface area contributed by atoms with Crippen molar-refractivity contribution in [2.45, 2.75) is 33.6 Å². The van der Waals surface area contributed by atoms with E-state index in [-0.39, 0.29) is 18.3 Å². The van der Waals surface area contributed by atoms with Crippen molar-refractivity contribution in [2.75, 3.05) is 26.2 Å². The monoisotopic (exact) mass is 248 g/mol. The van der Waals surface area contributed by atoms with Gasteiger partial charge < -0.3 is 10.2 Å². The molecule has 3 nitrogen and oxygen atoms in total. The van der Waals surface area contributed by atoms with E-state index in [0.717, 1.165) is 12.5 Å². The Morgan fingerprint density at radius 3 is 2.38 bits per heavy atom. The van der Waals surface area contributed by atoms with Gasteiger partial charge in [0.15, 0.2) is 0 Å². The zero-order chi connectivity index (χ0) is 11.3. The van der Waals surface area contributed by atoms with E-state index in [1.54, 1.807) is 6.92 Å². The third-order valence-electron chi connectivity index (χ3n) is 2.97. The molecule has 16 heavy (non-hydrogen) atoms. The molecule has 0 unspecified atom stereocenters. The zero-order valence-corrected chi connectivity index (χ0v) is 11.5. The first-order valence-electron chi connectivity index (χ1n) is 6.04. The number of carbonyl (C=O) groups is 1. The molecule has 0 aromatic heterocycles. The van der Waals surface area contributed by atoms with Crippen LogP contribution < -0.4 is 5.32 Å². The van der Waals surface area contributed by atoms with Gasteiger partial charge in [0, 0.05) is 20.0 Å². The smallest absolute Gasteiger partial charge is 0.216 e. The molecule has 0 atom stereocenters. The molecule has 0 aromatic rings. The molecule has 0 spiro atoms. The van der Waals surface area contributed by atoms with Crippen molar-refractivity contribution in [3.63, 3.8) is 0 Å². The number of hydrogen-bond donors (Lipinski definition) is 1. The minimum atomic E-state index is 0. The second-order valence-corrected chi connectivity index (χ2v) is 5.07. The number of piperidine rings is 1. The van der Waals surface area contributed by atoms with E-state index in [4.69, 9.17) is 0 Å². The second-order valence-electron chi connectivity index (χ2n) is 5.07. The SMILES string of the molecule is CC(=O)NCC1CCN(CC(C)C)CC1.Cl. The lowest BCUT2D eigenvalue weighted by Crippen LogP contribution is -2.39. The van der Waals surface area contributed by atoms with Crippen molar-refractivity contribution in [3.8, 4) is 0 Å². The highest BCUT2D eigenvalue weighted by Crippen LogP contribution is 2.17. The van der Waals surface area contributed by atoms with Gasteiger partial charge in [-0.2, -0.15) is 0 Å². The molecule has 96 valence electrons. The van der Waals surface area contributed by atoms with Crippen molar-refractivity contribution in [1.29, 1.82) is 0 Å². The molecule has 1 rings (SSSR count). The van der Waals surface area contributed by atoms with E-state index in [2.05, 4.69) is 24.1 Å². The van der Waals surface area contributed by atoms with E-state index < -0.39 is 0 Å². The molecule has 1 aliphatic heterocycles. The van der Waals surface area contributed by atoms with E-state index in [0.29, 0.717) is 5.92 Å². The van der Waals surface area contributed by atoms with Gasteiger partial charge in [0.05, 0.1) is 0 Å². The summed E-state index contributed by atoms with van der Waals surface area (Å²) in [5.74, 6) is 1.55. The number of amides is 1. The molecule has 1 amide bonds. The lowest BCUT2D eigenvalue weighted by molar-refractivity contribution is -0.119. The van der Waals surface area contributed by atoms with Crippen LogP contribution in [-0.4, -0.2) is 37.0 Å². The molecule has 1 aliphatic rings. The highest BCUT2D eigenvalue weighted by atomic mass is 35.5. The van der Waals surface area contributed by atoms with Crippen LogP contribution in [0.1, 0.15) is 33.6 Å². The molecule has 0 aliphatic carbocycles. The number of carbonyl (C=O) groups excluding carboxylic acids is 1. The first-order chi connectivity index (χ1) is 7.08. The number of rotatable bonds is 4. The maximum Gasteiger partial charge on any atom is 0.216 e. The zero-order valence-electron chi connectivity index (χ0n) is 10.7. The first kappa shape index (κ1) is 15.7. The van der Waals surface area contributed by atoms with Gasteiger partial charge in [-0.1, -0.05) is 13.8 Å². The fourth-order valence-electron chi connectivity index (χ4n) is 2.18. The van der Waals surface area contributed by atoms with Crippen molar-refractivity contribution in [3.05, 3.63) is 0 Å². The maximum absolute atomic E-state index is 10.8. The summed E-state index contributed by atoms with van der Waals surface area (Å²) >= 11 is 0. The Labute approximate surface area is 105 Å². The normalized spacial score (nSPS) is 18.2. The van der Waals surface area contributed by atoms with Crippen LogP contribution in [0.2, 0.25) is 0 Å². The molecular weight excluding hydrogens is 224 g/mol. The van der Waals surface area contributed by atoms with Crippen LogP contribution >= 0.6 is 12.4 Å². The van der Waals surface area contributed by atoms with Gasteiger partial charge in [0.1, 0.15) is 0 Å². The lowest BCUT2D eigenvalue weighted by Gasteiger charge is -2.32. The molecular formula is C12H25ClN2O. The molecule has 0 radical (unpaired) electrons. The molecule has 1 fully saturated rings. The number of halogens is 1. The third-order valence-corrected chi connectivity index (χ3v) is 2.97. The predicted molar refractivity (Wildman–Crippen MR) is 69.9 cm³/mol. The van der Waals surface area contributed by atoms with E-state index in [9.17, 15) is 4.79 Å². The summed E-state index contributed by atoms with van der Waals surface area (Å²) < 4.78 is 0. The maximum atomic E-state index is 10.8. The van der Waals surface area contributed by atoms with Gasteiger partial charge in [-0.3, -0.25) is 4.79 Å². The van der Waals surface area contributed by atoms with Gasteiger partial charge in [-0.25, -0.2) is 0 Å². The summed E-state index contributed by atoms with van der Waals surface area (Å²) in [5, 5.41) is 2.91. The van der Waals surface area contributed by atoms with Crippen LogP contribution in [0.25, 0.3) is 0 Å². The molecule has 1 N–H and O–H groups in total.